The molecule has 36 heavy (non-hydrogen) atoms. The first-order valence-corrected chi connectivity index (χ1v) is 12.4. The number of nitrogens with zero attached hydrogens (tertiary/aromatic N) is 1. The lowest BCUT2D eigenvalue weighted by Gasteiger charge is -2.17. The van der Waals surface area contributed by atoms with Crippen molar-refractivity contribution in [3.8, 4) is 11.1 Å². The highest BCUT2D eigenvalue weighted by atomic mass is 35.5. The first kappa shape index (κ1) is 29.6. The molecule has 0 saturated carbocycles. The van der Waals surface area contributed by atoms with Crippen molar-refractivity contribution in [1.29, 1.82) is 0 Å². The van der Waals surface area contributed by atoms with Crippen LogP contribution in [-0.2, 0) is 22.6 Å². The Morgan fingerprint density at radius 1 is 1.17 bits per heavy atom. The number of amides is 2. The fourth-order valence-electron chi connectivity index (χ4n) is 4.23. The molecule has 0 aliphatic carbocycles. The van der Waals surface area contributed by atoms with E-state index in [0.717, 1.165) is 30.6 Å². The molecule has 1 fully saturated rings. The molecule has 194 valence electrons. The first-order valence-electron chi connectivity index (χ1n) is 11.6. The average Bonchev–Trinajstić information content (AvgIpc) is 3.49. The van der Waals surface area contributed by atoms with Crippen LogP contribution in [0.3, 0.4) is 0 Å². The number of aryl methyl sites for hydroxylation is 1. The number of nitrogens with one attached hydrogen (secondary N) is 3. The van der Waals surface area contributed by atoms with E-state index in [1.165, 1.54) is 16.0 Å². The normalized spacial score (nSPS) is 17.4. The van der Waals surface area contributed by atoms with Gasteiger partial charge in [0, 0.05) is 17.1 Å². The van der Waals surface area contributed by atoms with Gasteiger partial charge in [0.15, 0.2) is 0 Å². The summed E-state index contributed by atoms with van der Waals surface area (Å²) >= 11 is 1.77. The van der Waals surface area contributed by atoms with Crippen molar-refractivity contribution < 1.29 is 9.59 Å². The molecule has 3 aromatic rings. The summed E-state index contributed by atoms with van der Waals surface area (Å²) in [5.41, 5.74) is 9.81. The van der Waals surface area contributed by atoms with Gasteiger partial charge in [-0.15, -0.1) is 36.2 Å². The summed E-state index contributed by atoms with van der Waals surface area (Å²) in [7, 11) is 0. The van der Waals surface area contributed by atoms with E-state index >= 15 is 0 Å². The number of benzene rings is 1. The van der Waals surface area contributed by atoms with Crippen LogP contribution in [0.5, 0.6) is 0 Å². The summed E-state index contributed by atoms with van der Waals surface area (Å²) in [6.45, 7) is 4.68. The van der Waals surface area contributed by atoms with E-state index < -0.39 is 6.04 Å². The van der Waals surface area contributed by atoms with Gasteiger partial charge in [-0.05, 0) is 73.4 Å². The van der Waals surface area contributed by atoms with E-state index in [9.17, 15) is 9.59 Å². The van der Waals surface area contributed by atoms with Crippen LogP contribution in [0.2, 0.25) is 0 Å². The second-order valence-corrected chi connectivity index (χ2v) is 9.86. The van der Waals surface area contributed by atoms with Gasteiger partial charge in [0.25, 0.3) is 0 Å². The number of nitrogen functional groups attached to an aromatic ring is 1. The number of hydrogen-bond donors (Lipinski definition) is 4. The van der Waals surface area contributed by atoms with Gasteiger partial charge in [0.1, 0.15) is 11.9 Å². The SMILES string of the molecule is Cc1nc(N)ccc1CNC(=O)[C@H](C)NC(=O)[C@H]1C[C@H](Cc2cc(-c3ccccc3)cs2)CN1.Cl.Cl. The molecule has 1 aliphatic rings. The summed E-state index contributed by atoms with van der Waals surface area (Å²) < 4.78 is 0. The number of anilines is 1. The summed E-state index contributed by atoms with van der Waals surface area (Å²) in [6.07, 6.45) is 1.70. The molecule has 3 atom stereocenters. The third kappa shape index (κ3) is 7.67. The number of carbonyl (C=O) groups is 2. The smallest absolute Gasteiger partial charge is 0.242 e. The van der Waals surface area contributed by atoms with Gasteiger partial charge in [-0.3, -0.25) is 9.59 Å². The summed E-state index contributed by atoms with van der Waals surface area (Å²) in [5, 5.41) is 11.2. The van der Waals surface area contributed by atoms with E-state index in [-0.39, 0.29) is 42.7 Å². The lowest BCUT2D eigenvalue weighted by atomic mass is 9.99. The van der Waals surface area contributed by atoms with Gasteiger partial charge in [-0.2, -0.15) is 0 Å². The van der Waals surface area contributed by atoms with Crippen molar-refractivity contribution in [3.63, 3.8) is 0 Å². The van der Waals surface area contributed by atoms with Crippen molar-refractivity contribution in [2.75, 3.05) is 12.3 Å². The number of carbonyl (C=O) groups excluding carboxylic acids is 2. The number of aromatic nitrogens is 1. The zero-order valence-corrected chi connectivity index (χ0v) is 22.8. The van der Waals surface area contributed by atoms with Gasteiger partial charge in [0.05, 0.1) is 6.04 Å². The number of hydrogen-bond acceptors (Lipinski definition) is 6. The highest BCUT2D eigenvalue weighted by Gasteiger charge is 2.31. The van der Waals surface area contributed by atoms with Crippen molar-refractivity contribution in [2.45, 2.75) is 45.3 Å². The molecule has 5 N–H and O–H groups in total. The minimum absolute atomic E-state index is 0. The van der Waals surface area contributed by atoms with Crippen LogP contribution in [0.1, 0.15) is 29.5 Å². The number of rotatable bonds is 8. The lowest BCUT2D eigenvalue weighted by Crippen LogP contribution is -2.50. The maximum absolute atomic E-state index is 12.7. The molecule has 0 bridgehead atoms. The van der Waals surface area contributed by atoms with Gasteiger partial charge in [-0.25, -0.2) is 4.98 Å². The van der Waals surface area contributed by atoms with Crippen LogP contribution in [-0.4, -0.2) is 35.4 Å². The molecule has 10 heteroatoms. The summed E-state index contributed by atoms with van der Waals surface area (Å²) in [6, 6.07) is 15.3. The molecule has 0 spiro atoms. The number of nitrogens with two attached hydrogens (primary N) is 1. The molecule has 2 aromatic heterocycles. The molecular formula is C26H33Cl2N5O2S. The van der Waals surface area contributed by atoms with Crippen LogP contribution in [0.25, 0.3) is 11.1 Å². The van der Waals surface area contributed by atoms with Gasteiger partial charge in [0.2, 0.25) is 11.8 Å². The Morgan fingerprint density at radius 3 is 2.64 bits per heavy atom. The van der Waals surface area contributed by atoms with Gasteiger partial charge >= 0.3 is 0 Å². The van der Waals surface area contributed by atoms with E-state index in [0.29, 0.717) is 18.3 Å². The predicted molar refractivity (Wildman–Crippen MR) is 151 cm³/mol. The second kappa shape index (κ2) is 13.6. The Morgan fingerprint density at radius 2 is 1.92 bits per heavy atom. The number of pyridine rings is 1. The van der Waals surface area contributed by atoms with Crippen LogP contribution in [0.15, 0.2) is 53.9 Å². The highest BCUT2D eigenvalue weighted by Crippen LogP contribution is 2.29. The third-order valence-corrected chi connectivity index (χ3v) is 7.17. The Bertz CT molecular complexity index is 1160. The largest absolute Gasteiger partial charge is 0.384 e. The highest BCUT2D eigenvalue weighted by molar-refractivity contribution is 7.10. The molecule has 3 heterocycles. The monoisotopic (exact) mass is 549 g/mol. The van der Waals surface area contributed by atoms with E-state index in [1.807, 2.05) is 31.2 Å². The van der Waals surface area contributed by atoms with E-state index in [2.05, 4.69) is 44.5 Å². The Hall–Kier alpha value is -2.65. The van der Waals surface area contributed by atoms with E-state index in [4.69, 9.17) is 5.73 Å². The minimum atomic E-state index is -0.624. The molecule has 7 nitrogen and oxygen atoms in total. The molecule has 1 aliphatic heterocycles. The van der Waals surface area contributed by atoms with Crippen molar-refractivity contribution >= 4 is 53.8 Å². The molecule has 0 unspecified atom stereocenters. The minimum Gasteiger partial charge on any atom is -0.384 e. The molecule has 1 aromatic carbocycles. The number of halogens is 2. The average molecular weight is 551 g/mol. The Balaban J connectivity index is 0.00000228. The Kier molecular flexibility index (Phi) is 11.2. The van der Waals surface area contributed by atoms with Crippen LogP contribution in [0, 0.1) is 12.8 Å². The molecular weight excluding hydrogens is 517 g/mol. The van der Waals surface area contributed by atoms with E-state index in [1.54, 1.807) is 24.3 Å². The molecule has 4 rings (SSSR count). The first-order chi connectivity index (χ1) is 16.4. The maximum atomic E-state index is 12.7. The Labute approximate surface area is 228 Å². The fraction of sp³-hybridized carbons (Fsp3) is 0.346. The molecule has 0 radical (unpaired) electrons. The van der Waals surface area contributed by atoms with Crippen LogP contribution in [0.4, 0.5) is 5.82 Å². The lowest BCUT2D eigenvalue weighted by molar-refractivity contribution is -0.129. The molecule has 1 saturated heterocycles. The van der Waals surface area contributed by atoms with Crippen molar-refractivity contribution in [3.05, 3.63) is 70.0 Å². The summed E-state index contributed by atoms with van der Waals surface area (Å²) in [5.74, 6) is 0.479. The topological polar surface area (TPSA) is 109 Å². The maximum Gasteiger partial charge on any atom is 0.242 e. The summed E-state index contributed by atoms with van der Waals surface area (Å²) in [4.78, 5) is 30.7. The zero-order valence-electron chi connectivity index (χ0n) is 20.3. The van der Waals surface area contributed by atoms with Gasteiger partial charge < -0.3 is 21.7 Å². The van der Waals surface area contributed by atoms with Gasteiger partial charge in [-0.1, -0.05) is 36.4 Å². The standard InChI is InChI=1S/C26H31N5O2S.2ClH/c1-16-20(8-9-24(27)30-16)14-29-25(32)17(2)31-26(33)23-11-18(13-28-23)10-22-12-21(15-34-22)19-6-4-3-5-7-19;;/h3-9,12,15,17-18,23,28H,10-11,13-14H2,1-2H3,(H2,27,30)(H,29,32)(H,31,33);2*1H/t17-,18-,23+;;/m0../s1. The second-order valence-electron chi connectivity index (χ2n) is 8.86. The predicted octanol–water partition coefficient (Wildman–Crippen LogP) is 3.89. The molecule has 2 amide bonds. The van der Waals surface area contributed by atoms with Crippen LogP contribution >= 0.6 is 36.2 Å². The fourth-order valence-corrected chi connectivity index (χ4v) is 5.24. The zero-order chi connectivity index (χ0) is 24.1. The van der Waals surface area contributed by atoms with Crippen molar-refractivity contribution in [1.82, 2.24) is 20.9 Å². The third-order valence-electron chi connectivity index (χ3n) is 6.21. The van der Waals surface area contributed by atoms with Crippen LogP contribution < -0.4 is 21.7 Å². The quantitative estimate of drug-likeness (QED) is 0.341. The van der Waals surface area contributed by atoms with Crippen molar-refractivity contribution in [2.24, 2.45) is 5.92 Å². The number of thiophene rings is 1.